The fourth-order valence-corrected chi connectivity index (χ4v) is 1.99. The third-order valence-electron chi connectivity index (χ3n) is 2.90. The Morgan fingerprint density at radius 1 is 1.53 bits per heavy atom. The fourth-order valence-electron chi connectivity index (χ4n) is 1.99. The second-order valence-electron chi connectivity index (χ2n) is 4.28. The van der Waals surface area contributed by atoms with E-state index in [1.54, 1.807) is 12.1 Å². The lowest BCUT2D eigenvalue weighted by Gasteiger charge is -2.14. The Bertz CT molecular complexity index is 469. The molecule has 0 bridgehead atoms. The van der Waals surface area contributed by atoms with Crippen LogP contribution >= 0.6 is 0 Å². The zero-order chi connectivity index (χ0) is 13.7. The number of rotatable bonds is 5. The van der Waals surface area contributed by atoms with Gasteiger partial charge in [-0.25, -0.2) is 0 Å². The Labute approximate surface area is 111 Å². The summed E-state index contributed by atoms with van der Waals surface area (Å²) in [6.45, 7) is 1.39. The summed E-state index contributed by atoms with van der Waals surface area (Å²) in [7, 11) is -1.88. The van der Waals surface area contributed by atoms with E-state index in [0.29, 0.717) is 17.8 Å². The molecule has 0 radical (unpaired) electrons. The highest BCUT2D eigenvalue weighted by atomic mass is 16.6. The van der Waals surface area contributed by atoms with Crippen molar-refractivity contribution in [1.29, 1.82) is 5.26 Å². The molecule has 1 unspecified atom stereocenters. The van der Waals surface area contributed by atoms with Gasteiger partial charge in [-0.2, -0.15) is 5.26 Å². The first-order valence-electron chi connectivity index (χ1n) is 6.11. The van der Waals surface area contributed by atoms with E-state index in [2.05, 4.69) is 11.4 Å². The maximum Gasteiger partial charge on any atom is 0.707 e. The number of nitrogens with zero attached hydrogens (tertiary/aromatic N) is 1. The first-order valence-corrected chi connectivity index (χ1v) is 6.11. The van der Waals surface area contributed by atoms with E-state index in [1.165, 1.54) is 6.07 Å². The van der Waals surface area contributed by atoms with Gasteiger partial charge >= 0.3 is 7.32 Å². The van der Waals surface area contributed by atoms with Gasteiger partial charge in [0.1, 0.15) is 11.8 Å². The van der Waals surface area contributed by atoms with Crippen molar-refractivity contribution in [2.45, 2.75) is 18.9 Å². The van der Waals surface area contributed by atoms with E-state index in [-0.39, 0.29) is 11.9 Å². The maximum atomic E-state index is 9.02. The standard InChI is InChI=1S/C12H15BN2O4/c14-7-9-3-4-10(19-13(16)17)6-12(9)15-8-11-2-1-5-18-11/h3-4,6,11,15-17H,1-2,5,8H2. The molecule has 0 aliphatic carbocycles. The zero-order valence-electron chi connectivity index (χ0n) is 10.4. The smallest absolute Gasteiger partial charge is 0.512 e. The second-order valence-corrected chi connectivity index (χ2v) is 4.28. The lowest BCUT2D eigenvalue weighted by Crippen LogP contribution is -2.21. The summed E-state index contributed by atoms with van der Waals surface area (Å²) < 4.78 is 10.2. The number of anilines is 1. The van der Waals surface area contributed by atoms with Gasteiger partial charge < -0.3 is 24.8 Å². The van der Waals surface area contributed by atoms with Crippen molar-refractivity contribution >= 4 is 13.0 Å². The fraction of sp³-hybridized carbons (Fsp3) is 0.417. The molecule has 0 spiro atoms. The van der Waals surface area contributed by atoms with Crippen LogP contribution in [0.3, 0.4) is 0 Å². The normalized spacial score (nSPS) is 17.8. The van der Waals surface area contributed by atoms with Gasteiger partial charge in [0.25, 0.3) is 0 Å². The molecule has 0 aromatic heterocycles. The van der Waals surface area contributed by atoms with Gasteiger partial charge in [0.05, 0.1) is 17.4 Å². The van der Waals surface area contributed by atoms with Gasteiger partial charge in [0, 0.05) is 19.2 Å². The third kappa shape index (κ3) is 3.86. The molecule has 1 aromatic carbocycles. The van der Waals surface area contributed by atoms with Crippen LogP contribution in [-0.4, -0.2) is 36.6 Å². The van der Waals surface area contributed by atoms with Gasteiger partial charge in [-0.1, -0.05) is 0 Å². The zero-order valence-corrected chi connectivity index (χ0v) is 10.4. The molecule has 2 rings (SSSR count). The average Bonchev–Trinajstić information content (AvgIpc) is 2.89. The van der Waals surface area contributed by atoms with Gasteiger partial charge in [0.2, 0.25) is 0 Å². The summed E-state index contributed by atoms with van der Waals surface area (Å²) in [6, 6.07) is 6.70. The summed E-state index contributed by atoms with van der Waals surface area (Å²) >= 11 is 0. The molecule has 3 N–H and O–H groups in total. The Balaban J connectivity index is 2.05. The summed E-state index contributed by atoms with van der Waals surface area (Å²) in [4.78, 5) is 0. The largest absolute Gasteiger partial charge is 0.707 e. The molecule has 1 saturated heterocycles. The molecular formula is C12H15BN2O4. The van der Waals surface area contributed by atoms with Crippen molar-refractivity contribution in [3.63, 3.8) is 0 Å². The molecule has 19 heavy (non-hydrogen) atoms. The molecule has 0 saturated carbocycles. The molecule has 1 heterocycles. The molecule has 1 aliphatic heterocycles. The Morgan fingerprint density at radius 3 is 3.00 bits per heavy atom. The summed E-state index contributed by atoms with van der Waals surface area (Å²) in [6.07, 6.45) is 2.21. The van der Waals surface area contributed by atoms with E-state index in [9.17, 15) is 0 Å². The highest BCUT2D eigenvalue weighted by Crippen LogP contribution is 2.23. The van der Waals surface area contributed by atoms with Crippen LogP contribution in [0.25, 0.3) is 0 Å². The quantitative estimate of drug-likeness (QED) is 0.669. The lowest BCUT2D eigenvalue weighted by atomic mass is 10.1. The maximum absolute atomic E-state index is 9.02. The van der Waals surface area contributed by atoms with Crippen LogP contribution in [0.1, 0.15) is 18.4 Å². The van der Waals surface area contributed by atoms with Crippen molar-refractivity contribution in [1.82, 2.24) is 0 Å². The second kappa shape index (κ2) is 6.43. The summed E-state index contributed by atoms with van der Waals surface area (Å²) in [5.74, 6) is 0.281. The molecule has 1 aliphatic rings. The first kappa shape index (κ1) is 13.7. The first-order chi connectivity index (χ1) is 9.19. The number of benzene rings is 1. The van der Waals surface area contributed by atoms with Crippen LogP contribution in [0.15, 0.2) is 18.2 Å². The molecule has 100 valence electrons. The summed E-state index contributed by atoms with van der Waals surface area (Å²) in [5, 5.41) is 29.7. The molecule has 7 heteroatoms. The van der Waals surface area contributed by atoms with Crippen molar-refractivity contribution < 1.29 is 19.4 Å². The average molecular weight is 262 g/mol. The van der Waals surface area contributed by atoms with Gasteiger partial charge in [-0.3, -0.25) is 0 Å². The molecule has 1 atom stereocenters. The SMILES string of the molecule is N#Cc1ccc(OB(O)O)cc1NCC1CCCO1. The van der Waals surface area contributed by atoms with Crippen LogP contribution in [0.4, 0.5) is 5.69 Å². The van der Waals surface area contributed by atoms with Crippen LogP contribution in [0.2, 0.25) is 0 Å². The minimum Gasteiger partial charge on any atom is -0.512 e. The van der Waals surface area contributed by atoms with Gasteiger partial charge in [-0.15, -0.1) is 0 Å². The van der Waals surface area contributed by atoms with E-state index in [4.69, 9.17) is 24.7 Å². The van der Waals surface area contributed by atoms with Crippen molar-refractivity contribution in [2.75, 3.05) is 18.5 Å². The minimum atomic E-state index is -1.88. The van der Waals surface area contributed by atoms with E-state index >= 15 is 0 Å². The van der Waals surface area contributed by atoms with Crippen LogP contribution in [0.5, 0.6) is 5.75 Å². The highest BCUT2D eigenvalue weighted by Gasteiger charge is 2.16. The van der Waals surface area contributed by atoms with Crippen molar-refractivity contribution in [3.05, 3.63) is 23.8 Å². The molecule has 1 fully saturated rings. The Hall–Kier alpha value is -1.75. The van der Waals surface area contributed by atoms with Gasteiger partial charge in [-0.05, 0) is 25.0 Å². The Kier molecular flexibility index (Phi) is 4.63. The number of ether oxygens (including phenoxy) is 1. The number of hydrogen-bond acceptors (Lipinski definition) is 6. The predicted octanol–water partition coefficient (Wildman–Crippen LogP) is 0.497. The van der Waals surface area contributed by atoms with Gasteiger partial charge in [0.15, 0.2) is 0 Å². The third-order valence-corrected chi connectivity index (χ3v) is 2.90. The predicted molar refractivity (Wildman–Crippen MR) is 69.4 cm³/mol. The number of nitrogens with one attached hydrogen (secondary N) is 1. The molecule has 1 aromatic rings. The van der Waals surface area contributed by atoms with Crippen LogP contribution in [0, 0.1) is 11.3 Å². The Morgan fingerprint density at radius 2 is 2.37 bits per heavy atom. The monoisotopic (exact) mass is 262 g/mol. The topological polar surface area (TPSA) is 94.7 Å². The van der Waals surface area contributed by atoms with E-state index in [1.807, 2.05) is 0 Å². The van der Waals surface area contributed by atoms with Crippen LogP contribution in [-0.2, 0) is 4.74 Å². The van der Waals surface area contributed by atoms with E-state index in [0.717, 1.165) is 19.4 Å². The summed E-state index contributed by atoms with van der Waals surface area (Å²) in [5.41, 5.74) is 1.06. The van der Waals surface area contributed by atoms with E-state index < -0.39 is 7.32 Å². The lowest BCUT2D eigenvalue weighted by molar-refractivity contribution is 0.120. The molecule has 0 amide bonds. The van der Waals surface area contributed by atoms with Crippen molar-refractivity contribution in [2.24, 2.45) is 0 Å². The molecule has 6 nitrogen and oxygen atoms in total. The minimum absolute atomic E-state index is 0.152. The highest BCUT2D eigenvalue weighted by molar-refractivity contribution is 6.33. The number of nitriles is 1. The number of hydrogen-bond donors (Lipinski definition) is 3. The molecular weight excluding hydrogens is 247 g/mol. The van der Waals surface area contributed by atoms with Crippen LogP contribution < -0.4 is 9.97 Å². The van der Waals surface area contributed by atoms with Crippen molar-refractivity contribution in [3.8, 4) is 11.8 Å².